The van der Waals surface area contributed by atoms with Gasteiger partial charge < -0.3 is 0 Å². The Kier molecular flexibility index (Phi) is 5.55. The lowest BCUT2D eigenvalue weighted by Crippen LogP contribution is -2.37. The molecule has 1 aromatic carbocycles. The van der Waals surface area contributed by atoms with Crippen molar-refractivity contribution >= 4 is 49.8 Å². The van der Waals surface area contributed by atoms with E-state index < -0.39 is 28.3 Å². The fraction of sp³-hybridized carbons (Fsp3) is 0.250. The third kappa shape index (κ3) is 4.88. The van der Waals surface area contributed by atoms with Crippen LogP contribution in [0.5, 0.6) is 0 Å². The number of aromatic nitrogens is 2. The van der Waals surface area contributed by atoms with E-state index in [1.165, 1.54) is 35.2 Å². The van der Waals surface area contributed by atoms with Crippen LogP contribution in [0.1, 0.15) is 0 Å². The first-order valence-electron chi connectivity index (χ1n) is 6.20. The van der Waals surface area contributed by atoms with Crippen LogP contribution in [0.3, 0.4) is 0 Å². The molecule has 0 aliphatic carbocycles. The van der Waals surface area contributed by atoms with Gasteiger partial charge in [0.1, 0.15) is 12.4 Å². The van der Waals surface area contributed by atoms with E-state index >= 15 is 0 Å². The minimum Gasteiger partial charge on any atom is -0.299 e. The van der Waals surface area contributed by atoms with E-state index in [4.69, 9.17) is 0 Å². The molecule has 0 aliphatic heterocycles. The van der Waals surface area contributed by atoms with E-state index in [9.17, 15) is 17.6 Å². The summed E-state index contributed by atoms with van der Waals surface area (Å²) in [5, 5.41) is 10.4. The fourth-order valence-corrected chi connectivity index (χ4v) is 3.68. The Labute approximate surface area is 141 Å². The first-order chi connectivity index (χ1) is 10.8. The van der Waals surface area contributed by atoms with Crippen LogP contribution < -0.4 is 9.62 Å². The zero-order valence-electron chi connectivity index (χ0n) is 12.2. The van der Waals surface area contributed by atoms with Crippen molar-refractivity contribution < 1.29 is 17.6 Å². The lowest BCUT2D eigenvalue weighted by Gasteiger charge is -2.21. The molecule has 1 heterocycles. The normalized spacial score (nSPS) is 11.3. The maximum atomic E-state index is 13.0. The van der Waals surface area contributed by atoms with E-state index in [0.29, 0.717) is 4.34 Å². The highest BCUT2D eigenvalue weighted by molar-refractivity contribution is 8.00. The van der Waals surface area contributed by atoms with E-state index in [0.717, 1.165) is 22.7 Å². The average molecular weight is 376 g/mol. The number of nitrogens with zero attached hydrogens (tertiary/aromatic N) is 3. The zero-order valence-corrected chi connectivity index (χ0v) is 14.6. The van der Waals surface area contributed by atoms with Gasteiger partial charge in [0.15, 0.2) is 4.34 Å². The summed E-state index contributed by atoms with van der Waals surface area (Å²) in [6.45, 7) is -0.446. The number of hydrogen-bond donors (Lipinski definition) is 1. The van der Waals surface area contributed by atoms with Gasteiger partial charge in [0.2, 0.25) is 21.1 Å². The third-order valence-electron chi connectivity index (χ3n) is 2.63. The highest BCUT2D eigenvalue weighted by Crippen LogP contribution is 2.23. The summed E-state index contributed by atoms with van der Waals surface area (Å²) in [5.41, 5.74) is 0.200. The topological polar surface area (TPSA) is 92.3 Å². The molecule has 11 heteroatoms. The fourth-order valence-electron chi connectivity index (χ4n) is 1.64. The van der Waals surface area contributed by atoms with Crippen molar-refractivity contribution in [1.82, 2.24) is 10.2 Å². The van der Waals surface area contributed by atoms with Crippen LogP contribution >= 0.6 is 23.1 Å². The molecule has 0 radical (unpaired) electrons. The quantitative estimate of drug-likeness (QED) is 0.611. The predicted octanol–water partition coefficient (Wildman–Crippen LogP) is 1.80. The van der Waals surface area contributed by atoms with Crippen molar-refractivity contribution in [3.63, 3.8) is 0 Å². The van der Waals surface area contributed by atoms with Crippen LogP contribution in [0.25, 0.3) is 0 Å². The molecule has 0 aliphatic rings. The SMILES string of the molecule is CSc1nnc(NC(=O)CN(c2ccc(F)cc2)S(C)(=O)=O)s1. The molecule has 2 rings (SSSR count). The molecule has 0 spiro atoms. The van der Waals surface area contributed by atoms with Gasteiger partial charge in [-0.2, -0.15) is 0 Å². The summed E-state index contributed by atoms with van der Waals surface area (Å²) in [7, 11) is -3.70. The minimum absolute atomic E-state index is 0.200. The van der Waals surface area contributed by atoms with Crippen molar-refractivity contribution in [2.75, 3.05) is 28.7 Å². The van der Waals surface area contributed by atoms with Gasteiger partial charge in [-0.25, -0.2) is 12.8 Å². The smallest absolute Gasteiger partial charge is 0.246 e. The second kappa shape index (κ2) is 7.23. The number of hydrogen-bond acceptors (Lipinski definition) is 7. The number of carbonyl (C=O) groups is 1. The molecule has 0 fully saturated rings. The molecular formula is C12H13FN4O3S3. The lowest BCUT2D eigenvalue weighted by molar-refractivity contribution is -0.114. The predicted molar refractivity (Wildman–Crippen MR) is 88.9 cm³/mol. The highest BCUT2D eigenvalue weighted by Gasteiger charge is 2.21. The number of halogens is 1. The van der Waals surface area contributed by atoms with Crippen molar-refractivity contribution in [3.05, 3.63) is 30.1 Å². The Morgan fingerprint density at radius 2 is 2.00 bits per heavy atom. The van der Waals surface area contributed by atoms with Gasteiger partial charge in [-0.3, -0.25) is 14.4 Å². The molecule has 0 atom stereocenters. The molecule has 0 bridgehead atoms. The summed E-state index contributed by atoms with van der Waals surface area (Å²) in [5.74, 6) is -1.06. The van der Waals surface area contributed by atoms with Gasteiger partial charge in [-0.15, -0.1) is 10.2 Å². The Bertz CT molecular complexity index is 792. The maximum absolute atomic E-state index is 13.0. The van der Waals surface area contributed by atoms with E-state index in [1.807, 2.05) is 6.26 Å². The number of benzene rings is 1. The van der Waals surface area contributed by atoms with E-state index in [1.54, 1.807) is 0 Å². The van der Waals surface area contributed by atoms with Gasteiger partial charge >= 0.3 is 0 Å². The van der Waals surface area contributed by atoms with Crippen LogP contribution in [0.15, 0.2) is 28.6 Å². The standard InChI is InChI=1S/C12H13FN4O3S3/c1-21-12-16-15-11(22-12)14-10(18)7-17(23(2,19)20)9-5-3-8(13)4-6-9/h3-6H,7H2,1-2H3,(H,14,15,18). The molecule has 1 aromatic heterocycles. The molecule has 0 saturated carbocycles. The zero-order chi connectivity index (χ0) is 17.0. The molecule has 2 aromatic rings. The molecule has 124 valence electrons. The van der Waals surface area contributed by atoms with Crippen LogP contribution in [-0.2, 0) is 14.8 Å². The average Bonchev–Trinajstić information content (AvgIpc) is 2.92. The molecule has 0 unspecified atom stereocenters. The molecule has 7 nitrogen and oxygen atoms in total. The van der Waals surface area contributed by atoms with Crippen molar-refractivity contribution in [3.8, 4) is 0 Å². The van der Waals surface area contributed by atoms with Gasteiger partial charge in [-0.1, -0.05) is 23.1 Å². The van der Waals surface area contributed by atoms with E-state index in [-0.39, 0.29) is 10.8 Å². The number of rotatable bonds is 6. The van der Waals surface area contributed by atoms with Gasteiger partial charge in [0.25, 0.3) is 0 Å². The maximum Gasteiger partial charge on any atom is 0.246 e. The second-order valence-corrected chi connectivity index (χ2v) is 8.31. The Morgan fingerprint density at radius 3 is 2.52 bits per heavy atom. The van der Waals surface area contributed by atoms with Gasteiger partial charge in [0, 0.05) is 0 Å². The number of nitrogens with one attached hydrogen (secondary N) is 1. The number of sulfonamides is 1. The summed E-state index contributed by atoms with van der Waals surface area (Å²) >= 11 is 2.57. The van der Waals surface area contributed by atoms with Crippen molar-refractivity contribution in [2.24, 2.45) is 0 Å². The van der Waals surface area contributed by atoms with E-state index in [2.05, 4.69) is 15.5 Å². The number of thioether (sulfide) groups is 1. The van der Waals surface area contributed by atoms with Crippen LogP contribution in [0.2, 0.25) is 0 Å². The van der Waals surface area contributed by atoms with Crippen LogP contribution in [-0.4, -0.2) is 43.6 Å². The molecule has 23 heavy (non-hydrogen) atoms. The largest absolute Gasteiger partial charge is 0.299 e. The first kappa shape index (κ1) is 17.6. The summed E-state index contributed by atoms with van der Waals surface area (Å²) in [4.78, 5) is 12.0. The number of amides is 1. The molecule has 0 saturated heterocycles. The number of carbonyl (C=O) groups excluding carboxylic acids is 1. The van der Waals surface area contributed by atoms with Crippen molar-refractivity contribution in [2.45, 2.75) is 4.34 Å². The first-order valence-corrected chi connectivity index (χ1v) is 10.1. The Hall–Kier alpha value is -1.72. The summed E-state index contributed by atoms with van der Waals surface area (Å²) in [6.07, 6.45) is 2.80. The van der Waals surface area contributed by atoms with Gasteiger partial charge in [-0.05, 0) is 30.5 Å². The van der Waals surface area contributed by atoms with Crippen LogP contribution in [0.4, 0.5) is 15.2 Å². The number of anilines is 2. The van der Waals surface area contributed by atoms with Gasteiger partial charge in [0.05, 0.1) is 11.9 Å². The Balaban J connectivity index is 2.14. The third-order valence-corrected chi connectivity index (χ3v) is 5.58. The highest BCUT2D eigenvalue weighted by atomic mass is 32.2. The second-order valence-electron chi connectivity index (χ2n) is 4.37. The molecule has 1 N–H and O–H groups in total. The lowest BCUT2D eigenvalue weighted by atomic mass is 10.3. The summed E-state index contributed by atoms with van der Waals surface area (Å²) in [6, 6.07) is 4.84. The Morgan fingerprint density at radius 1 is 1.35 bits per heavy atom. The van der Waals surface area contributed by atoms with Crippen LogP contribution in [0, 0.1) is 5.82 Å². The van der Waals surface area contributed by atoms with Crippen molar-refractivity contribution in [1.29, 1.82) is 0 Å². The molecule has 1 amide bonds. The summed E-state index contributed by atoms with van der Waals surface area (Å²) < 4.78 is 38.3. The molecular weight excluding hydrogens is 363 g/mol. The minimum atomic E-state index is -3.70. The monoisotopic (exact) mass is 376 g/mol.